The molecule has 0 saturated carbocycles. The van der Waals surface area contributed by atoms with Gasteiger partial charge in [0.1, 0.15) is 5.82 Å². The lowest BCUT2D eigenvalue weighted by molar-refractivity contribution is -0.115. The fourth-order valence-corrected chi connectivity index (χ4v) is 3.42. The summed E-state index contributed by atoms with van der Waals surface area (Å²) in [5, 5.41) is 4.57. The van der Waals surface area contributed by atoms with Gasteiger partial charge in [0.15, 0.2) is 0 Å². The fourth-order valence-electron chi connectivity index (χ4n) is 3.29. The molecule has 0 bridgehead atoms. The maximum atomic E-state index is 13.0. The van der Waals surface area contributed by atoms with Crippen molar-refractivity contribution in [1.82, 2.24) is 4.57 Å². The molecule has 0 saturated heterocycles. The van der Waals surface area contributed by atoms with Crippen LogP contribution in [0.1, 0.15) is 11.1 Å². The van der Waals surface area contributed by atoms with Crippen LogP contribution in [0.15, 0.2) is 79.0 Å². The number of nitrogens with zero attached hydrogens (tertiary/aromatic N) is 1. The molecule has 4 aromatic rings. The summed E-state index contributed by atoms with van der Waals surface area (Å²) in [6.07, 6.45) is 2.26. The normalized spacial score (nSPS) is 10.9. The van der Waals surface area contributed by atoms with Gasteiger partial charge in [0.05, 0.1) is 6.42 Å². The SMILES string of the molecule is O=C(Cc1cn(Cc2ccc(Cl)cc2)c2ccccc12)Nc1ccc(F)cc1. The molecule has 0 atom stereocenters. The summed E-state index contributed by atoms with van der Waals surface area (Å²) >= 11 is 5.97. The monoisotopic (exact) mass is 392 g/mol. The van der Waals surface area contributed by atoms with Gasteiger partial charge in [-0.05, 0) is 53.6 Å². The predicted octanol–water partition coefficient (Wildman–Crippen LogP) is 5.66. The molecule has 5 heteroatoms. The Morgan fingerprint density at radius 3 is 2.43 bits per heavy atom. The van der Waals surface area contributed by atoms with Gasteiger partial charge in [-0.2, -0.15) is 0 Å². The first-order valence-electron chi connectivity index (χ1n) is 8.95. The average molecular weight is 393 g/mol. The molecule has 0 unspecified atom stereocenters. The van der Waals surface area contributed by atoms with E-state index >= 15 is 0 Å². The van der Waals surface area contributed by atoms with Crippen LogP contribution >= 0.6 is 11.6 Å². The van der Waals surface area contributed by atoms with E-state index in [2.05, 4.69) is 9.88 Å². The number of nitrogens with one attached hydrogen (secondary N) is 1. The number of carbonyl (C=O) groups excluding carboxylic acids is 1. The summed E-state index contributed by atoms with van der Waals surface area (Å²) in [5.41, 5.74) is 3.73. The minimum Gasteiger partial charge on any atom is -0.343 e. The molecular weight excluding hydrogens is 375 g/mol. The number of halogens is 2. The summed E-state index contributed by atoms with van der Waals surface area (Å²) < 4.78 is 15.2. The molecule has 0 aliphatic rings. The molecule has 0 aliphatic carbocycles. The van der Waals surface area contributed by atoms with Crippen molar-refractivity contribution in [1.29, 1.82) is 0 Å². The highest BCUT2D eigenvalue weighted by Gasteiger charge is 2.12. The summed E-state index contributed by atoms with van der Waals surface area (Å²) in [6, 6.07) is 21.5. The van der Waals surface area contributed by atoms with E-state index in [4.69, 9.17) is 11.6 Å². The van der Waals surface area contributed by atoms with E-state index in [-0.39, 0.29) is 18.1 Å². The Hall–Kier alpha value is -3.11. The number of fused-ring (bicyclic) bond motifs is 1. The fraction of sp³-hybridized carbons (Fsp3) is 0.0870. The molecule has 4 rings (SSSR count). The summed E-state index contributed by atoms with van der Waals surface area (Å²) in [6.45, 7) is 0.692. The van der Waals surface area contributed by atoms with Gasteiger partial charge in [-0.25, -0.2) is 4.39 Å². The number of benzene rings is 3. The van der Waals surface area contributed by atoms with Crippen molar-refractivity contribution in [2.45, 2.75) is 13.0 Å². The highest BCUT2D eigenvalue weighted by molar-refractivity contribution is 6.30. The number of amides is 1. The minimum atomic E-state index is -0.330. The Balaban J connectivity index is 1.57. The number of para-hydroxylation sites is 1. The predicted molar refractivity (Wildman–Crippen MR) is 111 cm³/mol. The molecule has 0 spiro atoms. The molecule has 1 amide bonds. The van der Waals surface area contributed by atoms with E-state index in [0.29, 0.717) is 17.3 Å². The number of carbonyl (C=O) groups is 1. The first-order valence-corrected chi connectivity index (χ1v) is 9.33. The maximum Gasteiger partial charge on any atom is 0.228 e. The van der Waals surface area contributed by atoms with Crippen molar-refractivity contribution in [3.63, 3.8) is 0 Å². The van der Waals surface area contributed by atoms with E-state index < -0.39 is 0 Å². The zero-order chi connectivity index (χ0) is 19.5. The summed E-state index contributed by atoms with van der Waals surface area (Å²) in [4.78, 5) is 12.5. The van der Waals surface area contributed by atoms with Crippen LogP contribution in [0.25, 0.3) is 10.9 Å². The molecule has 1 heterocycles. The van der Waals surface area contributed by atoms with Crippen LogP contribution in [-0.4, -0.2) is 10.5 Å². The van der Waals surface area contributed by atoms with Crippen molar-refractivity contribution in [2.75, 3.05) is 5.32 Å². The van der Waals surface area contributed by atoms with Crippen LogP contribution in [0.2, 0.25) is 5.02 Å². The zero-order valence-electron chi connectivity index (χ0n) is 15.0. The molecule has 1 N–H and O–H groups in total. The molecular formula is C23H18ClFN2O. The zero-order valence-corrected chi connectivity index (χ0v) is 15.8. The molecule has 28 heavy (non-hydrogen) atoms. The van der Waals surface area contributed by atoms with E-state index in [9.17, 15) is 9.18 Å². The first kappa shape index (κ1) is 18.3. The lowest BCUT2D eigenvalue weighted by Crippen LogP contribution is -2.14. The lowest BCUT2D eigenvalue weighted by Gasteiger charge is -2.05. The van der Waals surface area contributed by atoms with Crippen molar-refractivity contribution >= 4 is 34.1 Å². The maximum absolute atomic E-state index is 13.0. The van der Waals surface area contributed by atoms with Crippen molar-refractivity contribution < 1.29 is 9.18 Å². The standard InChI is InChI=1S/C23H18ClFN2O/c24-18-7-5-16(6-8-18)14-27-15-17(21-3-1-2-4-22(21)27)13-23(28)26-20-11-9-19(25)10-12-20/h1-12,15H,13-14H2,(H,26,28). The highest BCUT2D eigenvalue weighted by atomic mass is 35.5. The van der Waals surface area contributed by atoms with E-state index in [1.807, 2.05) is 54.7 Å². The van der Waals surface area contributed by atoms with Gasteiger partial charge >= 0.3 is 0 Å². The molecule has 0 radical (unpaired) electrons. The largest absolute Gasteiger partial charge is 0.343 e. The second-order valence-corrected chi connectivity index (χ2v) is 7.09. The van der Waals surface area contributed by atoms with Gasteiger partial charge in [0.2, 0.25) is 5.91 Å². The molecule has 3 aromatic carbocycles. The number of hydrogen-bond acceptors (Lipinski definition) is 1. The van der Waals surface area contributed by atoms with E-state index in [0.717, 1.165) is 22.0 Å². The summed E-state index contributed by atoms with van der Waals surface area (Å²) in [5.74, 6) is -0.468. The number of aromatic nitrogens is 1. The Morgan fingerprint density at radius 1 is 0.964 bits per heavy atom. The second kappa shape index (κ2) is 7.87. The number of rotatable bonds is 5. The quantitative estimate of drug-likeness (QED) is 0.467. The number of hydrogen-bond donors (Lipinski definition) is 1. The third-order valence-electron chi connectivity index (χ3n) is 4.62. The van der Waals surface area contributed by atoms with Crippen LogP contribution in [-0.2, 0) is 17.8 Å². The van der Waals surface area contributed by atoms with E-state index in [1.165, 1.54) is 12.1 Å². The average Bonchev–Trinajstić information content (AvgIpc) is 3.03. The Morgan fingerprint density at radius 2 is 1.68 bits per heavy atom. The second-order valence-electron chi connectivity index (χ2n) is 6.66. The molecule has 0 fully saturated rings. The van der Waals surface area contributed by atoms with Crippen molar-refractivity contribution in [2.24, 2.45) is 0 Å². The number of anilines is 1. The third-order valence-corrected chi connectivity index (χ3v) is 4.87. The minimum absolute atomic E-state index is 0.138. The first-order chi connectivity index (χ1) is 13.6. The molecule has 0 aliphatic heterocycles. The topological polar surface area (TPSA) is 34.0 Å². The Bertz CT molecular complexity index is 1120. The highest BCUT2D eigenvalue weighted by Crippen LogP contribution is 2.24. The van der Waals surface area contributed by atoms with Gasteiger partial charge in [-0.15, -0.1) is 0 Å². The molecule has 140 valence electrons. The van der Waals surface area contributed by atoms with E-state index in [1.54, 1.807) is 12.1 Å². The van der Waals surface area contributed by atoms with Gasteiger partial charge < -0.3 is 9.88 Å². The van der Waals surface area contributed by atoms with Crippen LogP contribution < -0.4 is 5.32 Å². The molecule has 3 nitrogen and oxygen atoms in total. The van der Waals surface area contributed by atoms with Crippen LogP contribution in [0.5, 0.6) is 0 Å². The van der Waals surface area contributed by atoms with Crippen LogP contribution in [0.3, 0.4) is 0 Å². The smallest absolute Gasteiger partial charge is 0.228 e. The van der Waals surface area contributed by atoms with Crippen LogP contribution in [0, 0.1) is 5.82 Å². The lowest BCUT2D eigenvalue weighted by atomic mass is 10.1. The van der Waals surface area contributed by atoms with Gasteiger partial charge in [0.25, 0.3) is 0 Å². The van der Waals surface area contributed by atoms with Gasteiger partial charge in [-0.1, -0.05) is 41.9 Å². The van der Waals surface area contributed by atoms with Gasteiger partial charge in [-0.3, -0.25) is 4.79 Å². The van der Waals surface area contributed by atoms with Crippen molar-refractivity contribution in [3.05, 3.63) is 101 Å². The third kappa shape index (κ3) is 4.07. The van der Waals surface area contributed by atoms with Gasteiger partial charge in [0, 0.05) is 34.4 Å². The summed E-state index contributed by atoms with van der Waals surface area (Å²) in [7, 11) is 0. The Labute approximate surface area is 167 Å². The van der Waals surface area contributed by atoms with Crippen LogP contribution in [0.4, 0.5) is 10.1 Å². The molecule has 1 aromatic heterocycles. The van der Waals surface area contributed by atoms with Crippen molar-refractivity contribution in [3.8, 4) is 0 Å². The Kier molecular flexibility index (Phi) is 5.13.